The second-order valence-corrected chi connectivity index (χ2v) is 9.30. The number of ether oxygens (including phenoxy) is 1. The molecule has 1 aliphatic heterocycles. The van der Waals surface area contributed by atoms with Gasteiger partial charge < -0.3 is 20.1 Å². The number of aliphatic hydroxyl groups excluding tert-OH is 3. The Morgan fingerprint density at radius 3 is 2.64 bits per heavy atom. The fourth-order valence-electron chi connectivity index (χ4n) is 3.52. The van der Waals surface area contributed by atoms with E-state index in [1.54, 1.807) is 18.2 Å². The first-order chi connectivity index (χ1) is 15.8. The largest absolute Gasteiger partial charge is 0.394 e. The van der Waals surface area contributed by atoms with Crippen LogP contribution in [0.15, 0.2) is 47.5 Å². The summed E-state index contributed by atoms with van der Waals surface area (Å²) in [5.41, 5.74) is -0.218. The third kappa shape index (κ3) is 5.00. The summed E-state index contributed by atoms with van der Waals surface area (Å²) in [7, 11) is 0. The topological polar surface area (TPSA) is 124 Å². The van der Waals surface area contributed by atoms with E-state index < -0.39 is 42.2 Å². The van der Waals surface area contributed by atoms with Crippen molar-refractivity contribution in [3.63, 3.8) is 0 Å². The minimum atomic E-state index is -1.31. The number of halogens is 3. The van der Waals surface area contributed by atoms with Crippen LogP contribution in [-0.2, 0) is 4.74 Å². The maximum absolute atomic E-state index is 13.8. The summed E-state index contributed by atoms with van der Waals surface area (Å²) in [6.45, 7) is -0.500. The summed E-state index contributed by atoms with van der Waals surface area (Å²) in [5.74, 6) is -0.608. The van der Waals surface area contributed by atoms with Gasteiger partial charge in [0.05, 0.1) is 34.5 Å². The number of benzene rings is 2. The summed E-state index contributed by atoms with van der Waals surface area (Å²) in [6.07, 6.45) is -2.16. The molecule has 1 aliphatic rings. The molecule has 3 N–H and O–H groups in total. The highest BCUT2D eigenvalue weighted by Crippen LogP contribution is 2.39. The minimum Gasteiger partial charge on any atom is -0.394 e. The van der Waals surface area contributed by atoms with Crippen molar-refractivity contribution in [1.82, 2.24) is 15.0 Å². The third-order valence-corrected chi connectivity index (χ3v) is 7.02. The first kappa shape index (κ1) is 23.9. The van der Waals surface area contributed by atoms with E-state index in [-0.39, 0.29) is 11.3 Å². The lowest BCUT2D eigenvalue weighted by Gasteiger charge is -2.41. The van der Waals surface area contributed by atoms with Crippen LogP contribution in [0.25, 0.3) is 11.3 Å². The van der Waals surface area contributed by atoms with Crippen molar-refractivity contribution in [2.45, 2.75) is 34.7 Å². The van der Waals surface area contributed by atoms with Gasteiger partial charge in [-0.25, -0.2) is 9.07 Å². The number of aromatic nitrogens is 3. The lowest BCUT2D eigenvalue weighted by Crippen LogP contribution is -2.55. The Labute approximate surface area is 202 Å². The number of hydrogen-bond acceptors (Lipinski definition) is 8. The van der Waals surface area contributed by atoms with Crippen LogP contribution in [0.5, 0.6) is 0 Å². The van der Waals surface area contributed by atoms with Crippen molar-refractivity contribution in [1.29, 1.82) is 5.26 Å². The normalized spacial score (nSPS) is 25.1. The lowest BCUT2D eigenvalue weighted by molar-refractivity contribution is -0.178. The maximum atomic E-state index is 13.8. The molecule has 3 aromatic rings. The summed E-state index contributed by atoms with van der Waals surface area (Å²) in [6, 6.07) is 9.51. The lowest BCUT2D eigenvalue weighted by atomic mass is 9.97. The Bertz CT molecular complexity index is 1210. The van der Waals surface area contributed by atoms with Gasteiger partial charge in [0.25, 0.3) is 0 Å². The van der Waals surface area contributed by atoms with Gasteiger partial charge in [-0.1, -0.05) is 40.2 Å². The molecule has 4 rings (SSSR count). The van der Waals surface area contributed by atoms with Gasteiger partial charge in [0, 0.05) is 10.5 Å². The molecule has 1 fully saturated rings. The predicted molar refractivity (Wildman–Crippen MR) is 119 cm³/mol. The molecular formula is C21H17Cl2FN4O4S. The number of rotatable bonds is 5. The van der Waals surface area contributed by atoms with Crippen molar-refractivity contribution in [2.24, 2.45) is 0 Å². The molecule has 0 saturated carbocycles. The van der Waals surface area contributed by atoms with E-state index in [9.17, 15) is 19.7 Å². The van der Waals surface area contributed by atoms with Crippen molar-refractivity contribution in [2.75, 3.05) is 6.61 Å². The van der Waals surface area contributed by atoms with Gasteiger partial charge in [0.15, 0.2) is 0 Å². The number of hydrogen-bond donors (Lipinski definition) is 3. The molecule has 12 heteroatoms. The monoisotopic (exact) mass is 510 g/mol. The molecule has 0 radical (unpaired) electrons. The number of nitriles is 1. The smallest absolute Gasteiger partial charge is 0.136 e. The van der Waals surface area contributed by atoms with Gasteiger partial charge >= 0.3 is 0 Å². The molecule has 8 nitrogen and oxygen atoms in total. The van der Waals surface area contributed by atoms with Crippen molar-refractivity contribution >= 4 is 35.0 Å². The third-order valence-electron chi connectivity index (χ3n) is 5.13. The fourth-order valence-corrected chi connectivity index (χ4v) is 4.98. The van der Waals surface area contributed by atoms with E-state index >= 15 is 0 Å². The van der Waals surface area contributed by atoms with E-state index in [1.807, 2.05) is 6.07 Å². The van der Waals surface area contributed by atoms with Crippen molar-refractivity contribution < 1.29 is 24.4 Å². The highest BCUT2D eigenvalue weighted by molar-refractivity contribution is 7.99. The van der Waals surface area contributed by atoms with Gasteiger partial charge in [-0.05, 0) is 36.4 Å². The first-order valence-corrected chi connectivity index (χ1v) is 11.3. The Balaban J connectivity index is 1.64. The van der Waals surface area contributed by atoms with Crippen LogP contribution in [0, 0.1) is 17.1 Å². The van der Waals surface area contributed by atoms with Crippen LogP contribution >= 0.6 is 35.0 Å². The molecule has 0 unspecified atom stereocenters. The van der Waals surface area contributed by atoms with Crippen LogP contribution in [0.3, 0.4) is 0 Å². The molecule has 1 aromatic heterocycles. The molecule has 1 saturated heterocycles. The average molecular weight is 511 g/mol. The summed E-state index contributed by atoms with van der Waals surface area (Å²) < 4.78 is 20.8. The molecule has 0 aliphatic carbocycles. The average Bonchev–Trinajstić information content (AvgIpc) is 3.27. The molecule has 2 aromatic carbocycles. The molecule has 33 heavy (non-hydrogen) atoms. The van der Waals surface area contributed by atoms with Crippen LogP contribution in [0.4, 0.5) is 4.39 Å². The highest BCUT2D eigenvalue weighted by atomic mass is 35.5. The van der Waals surface area contributed by atoms with Gasteiger partial charge in [-0.3, -0.25) is 0 Å². The van der Waals surface area contributed by atoms with Crippen LogP contribution in [-0.4, -0.2) is 60.7 Å². The van der Waals surface area contributed by atoms with E-state index in [4.69, 9.17) is 33.2 Å². The second kappa shape index (κ2) is 9.95. The van der Waals surface area contributed by atoms with Gasteiger partial charge in [-0.2, -0.15) is 5.26 Å². The number of nitrogens with zero attached hydrogens (tertiary/aromatic N) is 4. The van der Waals surface area contributed by atoms with Gasteiger partial charge in [0.2, 0.25) is 0 Å². The summed E-state index contributed by atoms with van der Waals surface area (Å²) >= 11 is 13.2. The van der Waals surface area contributed by atoms with Crippen molar-refractivity contribution in [3.05, 3.63) is 64.0 Å². The molecule has 2 heterocycles. The molecule has 172 valence electrons. The summed E-state index contributed by atoms with van der Waals surface area (Å²) in [4.78, 5) is 0.656. The fraction of sp³-hybridized carbons (Fsp3) is 0.286. The Hall–Kier alpha value is -2.23. The Kier molecular flexibility index (Phi) is 7.21. The van der Waals surface area contributed by atoms with E-state index in [0.29, 0.717) is 20.5 Å². The van der Waals surface area contributed by atoms with Gasteiger partial charge in [0.1, 0.15) is 41.3 Å². The van der Waals surface area contributed by atoms with E-state index in [2.05, 4.69) is 10.3 Å². The molecule has 0 amide bonds. The van der Waals surface area contributed by atoms with E-state index in [0.717, 1.165) is 17.8 Å². The van der Waals surface area contributed by atoms with Gasteiger partial charge in [-0.15, -0.1) is 5.10 Å². The zero-order valence-corrected chi connectivity index (χ0v) is 19.0. The molecular weight excluding hydrogens is 494 g/mol. The molecule has 5 atom stereocenters. The SMILES string of the molecule is N#Cc1cc(F)cc(-c2cn([C@H]3[C@@H](O)[C@@H](CO)O[C@@H](Sc4ccc(Cl)c(Cl)c4)[C@@H]3O)nn2)c1. The van der Waals surface area contributed by atoms with Crippen LogP contribution in [0.2, 0.25) is 10.0 Å². The minimum absolute atomic E-state index is 0.115. The van der Waals surface area contributed by atoms with Crippen LogP contribution in [0.1, 0.15) is 11.6 Å². The van der Waals surface area contributed by atoms with Crippen LogP contribution < -0.4 is 0 Å². The number of aliphatic hydroxyl groups is 3. The quantitative estimate of drug-likeness (QED) is 0.478. The highest BCUT2D eigenvalue weighted by Gasteiger charge is 2.46. The van der Waals surface area contributed by atoms with Crippen molar-refractivity contribution in [3.8, 4) is 17.3 Å². The number of thioether (sulfide) groups is 1. The zero-order valence-electron chi connectivity index (χ0n) is 16.7. The predicted octanol–water partition coefficient (Wildman–Crippen LogP) is 3.04. The molecule has 0 bridgehead atoms. The standard InChI is InChI=1S/C21H17Cl2FN4O4S/c22-14-2-1-13(6-15(14)23)33-21-20(31)18(19(30)17(9-29)32-21)28-8-16(26-27-28)11-3-10(7-25)4-12(24)5-11/h1-6,8,17-21,29-31H,9H2/t17-,18+,19+,20-,21+/m1/s1. The maximum Gasteiger partial charge on any atom is 0.136 e. The first-order valence-electron chi connectivity index (χ1n) is 9.67. The zero-order chi connectivity index (χ0) is 23.7. The molecule has 0 spiro atoms. The Morgan fingerprint density at radius 1 is 1.15 bits per heavy atom. The van der Waals surface area contributed by atoms with E-state index in [1.165, 1.54) is 23.0 Å². The Morgan fingerprint density at radius 2 is 1.94 bits per heavy atom. The summed E-state index contributed by atoms with van der Waals surface area (Å²) in [5, 5.41) is 49.2. The second-order valence-electron chi connectivity index (χ2n) is 7.32.